The monoisotopic (exact) mass is 332 g/mol. The number of rotatable bonds is 6. The fraction of sp³-hybridized carbons (Fsp3) is 0.533. The molecule has 1 aromatic carbocycles. The Morgan fingerprint density at radius 1 is 1.39 bits per heavy atom. The number of benzene rings is 1. The average molecular weight is 332 g/mol. The second-order valence-corrected chi connectivity index (χ2v) is 5.33. The van der Waals surface area contributed by atoms with Crippen LogP contribution in [0.4, 0.5) is 13.2 Å². The van der Waals surface area contributed by atoms with Crippen molar-refractivity contribution in [3.05, 3.63) is 29.8 Å². The topological polar surface area (TPSA) is 73.6 Å². The summed E-state index contributed by atoms with van der Waals surface area (Å²) in [5.41, 5.74) is 6.13. The molecule has 1 aliphatic heterocycles. The van der Waals surface area contributed by atoms with E-state index in [2.05, 4.69) is 10.1 Å². The van der Waals surface area contributed by atoms with Crippen molar-refractivity contribution in [1.29, 1.82) is 0 Å². The van der Waals surface area contributed by atoms with Gasteiger partial charge in [-0.25, -0.2) is 0 Å². The van der Waals surface area contributed by atoms with Crippen molar-refractivity contribution in [3.8, 4) is 5.75 Å². The summed E-state index contributed by atoms with van der Waals surface area (Å²) in [6.07, 6.45) is -3.64. The van der Waals surface area contributed by atoms with Gasteiger partial charge in [0.05, 0.1) is 6.10 Å². The van der Waals surface area contributed by atoms with Crippen LogP contribution in [0.2, 0.25) is 0 Å². The lowest BCUT2D eigenvalue weighted by Gasteiger charge is -2.13. The number of hydrogen-bond acceptors (Lipinski definition) is 4. The van der Waals surface area contributed by atoms with Gasteiger partial charge in [0, 0.05) is 13.1 Å². The molecular formula is C15H19F3N2O3. The Bertz CT molecular complexity index is 537. The number of nitrogens with two attached hydrogens (primary N) is 1. The quantitative estimate of drug-likeness (QED) is 0.832. The van der Waals surface area contributed by atoms with Crippen LogP contribution in [0.15, 0.2) is 24.3 Å². The van der Waals surface area contributed by atoms with Gasteiger partial charge in [0.25, 0.3) is 0 Å². The van der Waals surface area contributed by atoms with Crippen molar-refractivity contribution in [2.24, 2.45) is 5.73 Å². The Balaban J connectivity index is 1.82. The summed E-state index contributed by atoms with van der Waals surface area (Å²) >= 11 is 0. The van der Waals surface area contributed by atoms with Gasteiger partial charge >= 0.3 is 6.18 Å². The van der Waals surface area contributed by atoms with Crippen molar-refractivity contribution in [2.45, 2.75) is 37.8 Å². The van der Waals surface area contributed by atoms with Gasteiger partial charge in [-0.15, -0.1) is 0 Å². The minimum Gasteiger partial charge on any atom is -0.484 e. The molecule has 0 spiro atoms. The van der Waals surface area contributed by atoms with Gasteiger partial charge in [0.2, 0.25) is 5.91 Å². The van der Waals surface area contributed by atoms with E-state index in [1.54, 1.807) is 12.1 Å². The van der Waals surface area contributed by atoms with E-state index >= 15 is 0 Å². The molecule has 0 radical (unpaired) electrons. The SMILES string of the molecule is NC[C@H]1CC[C@@H](C(=O)NCc2cccc(OCC(F)(F)F)c2)O1. The molecule has 128 valence electrons. The lowest BCUT2D eigenvalue weighted by atomic mass is 10.1. The number of alkyl halides is 3. The summed E-state index contributed by atoms with van der Waals surface area (Å²) in [4.78, 5) is 12.0. The number of hydrogen-bond donors (Lipinski definition) is 2. The molecule has 1 fully saturated rings. The van der Waals surface area contributed by atoms with Gasteiger partial charge < -0.3 is 20.5 Å². The second-order valence-electron chi connectivity index (χ2n) is 5.33. The first-order chi connectivity index (χ1) is 10.9. The van der Waals surface area contributed by atoms with Gasteiger partial charge in [-0.05, 0) is 30.5 Å². The van der Waals surface area contributed by atoms with E-state index in [1.165, 1.54) is 12.1 Å². The van der Waals surface area contributed by atoms with Crippen LogP contribution < -0.4 is 15.8 Å². The van der Waals surface area contributed by atoms with Crippen molar-refractivity contribution in [2.75, 3.05) is 13.2 Å². The number of halogens is 3. The zero-order chi connectivity index (χ0) is 16.9. The Morgan fingerprint density at radius 2 is 2.17 bits per heavy atom. The molecule has 2 atom stereocenters. The molecule has 0 aliphatic carbocycles. The third-order valence-electron chi connectivity index (χ3n) is 3.43. The van der Waals surface area contributed by atoms with E-state index in [1.807, 2.05) is 0 Å². The fourth-order valence-electron chi connectivity index (χ4n) is 2.29. The smallest absolute Gasteiger partial charge is 0.422 e. The minimum atomic E-state index is -4.39. The molecule has 3 N–H and O–H groups in total. The zero-order valence-electron chi connectivity index (χ0n) is 12.4. The Labute approximate surface area is 131 Å². The summed E-state index contributed by atoms with van der Waals surface area (Å²) < 4.78 is 46.5. The number of carbonyl (C=O) groups is 1. The summed E-state index contributed by atoms with van der Waals surface area (Å²) in [7, 11) is 0. The van der Waals surface area contributed by atoms with Gasteiger partial charge in [0.1, 0.15) is 11.9 Å². The molecule has 1 aromatic rings. The number of nitrogens with one attached hydrogen (secondary N) is 1. The molecule has 23 heavy (non-hydrogen) atoms. The fourth-order valence-corrected chi connectivity index (χ4v) is 2.29. The summed E-state index contributed by atoms with van der Waals surface area (Å²) in [6, 6.07) is 6.16. The van der Waals surface area contributed by atoms with Gasteiger partial charge in [0.15, 0.2) is 6.61 Å². The Kier molecular flexibility index (Phi) is 5.84. The highest BCUT2D eigenvalue weighted by Gasteiger charge is 2.30. The molecule has 8 heteroatoms. The van der Waals surface area contributed by atoms with Crippen molar-refractivity contribution < 1.29 is 27.4 Å². The average Bonchev–Trinajstić information content (AvgIpc) is 2.99. The van der Waals surface area contributed by atoms with E-state index in [0.29, 0.717) is 18.5 Å². The van der Waals surface area contributed by atoms with Crippen LogP contribution in [-0.2, 0) is 16.1 Å². The predicted molar refractivity (Wildman–Crippen MR) is 76.8 cm³/mol. The highest BCUT2D eigenvalue weighted by atomic mass is 19.4. The van der Waals surface area contributed by atoms with Crippen LogP contribution in [0, 0.1) is 0 Å². The van der Waals surface area contributed by atoms with E-state index in [-0.39, 0.29) is 24.3 Å². The third kappa shape index (κ3) is 5.72. The van der Waals surface area contributed by atoms with E-state index in [9.17, 15) is 18.0 Å². The first-order valence-electron chi connectivity index (χ1n) is 7.29. The predicted octanol–water partition coefficient (Wildman–Crippen LogP) is 1.75. The standard InChI is InChI=1S/C15H19F3N2O3/c16-15(17,18)9-22-11-3-1-2-10(6-11)8-20-14(21)13-5-4-12(7-19)23-13/h1-3,6,12-13H,4-5,7-9,19H2,(H,20,21)/t12-,13+/m1/s1. The molecule has 2 rings (SSSR count). The summed E-state index contributed by atoms with van der Waals surface area (Å²) in [5, 5.41) is 2.70. The van der Waals surface area contributed by atoms with Crippen LogP contribution in [0.3, 0.4) is 0 Å². The van der Waals surface area contributed by atoms with Gasteiger partial charge in [-0.2, -0.15) is 13.2 Å². The summed E-state index contributed by atoms with van der Waals surface area (Å²) in [5.74, 6) is -0.142. The first kappa shape index (κ1) is 17.6. The van der Waals surface area contributed by atoms with E-state index < -0.39 is 18.9 Å². The van der Waals surface area contributed by atoms with Gasteiger partial charge in [-0.3, -0.25) is 4.79 Å². The molecule has 1 aliphatic rings. The molecular weight excluding hydrogens is 313 g/mol. The van der Waals surface area contributed by atoms with Crippen LogP contribution in [-0.4, -0.2) is 37.4 Å². The number of ether oxygens (including phenoxy) is 2. The molecule has 0 unspecified atom stereocenters. The van der Waals surface area contributed by atoms with Crippen molar-refractivity contribution >= 4 is 5.91 Å². The molecule has 1 amide bonds. The summed E-state index contributed by atoms with van der Waals surface area (Å²) in [6.45, 7) is -0.781. The lowest BCUT2D eigenvalue weighted by Crippen LogP contribution is -2.35. The maximum absolute atomic E-state index is 12.1. The molecule has 0 aromatic heterocycles. The largest absolute Gasteiger partial charge is 0.484 e. The van der Waals surface area contributed by atoms with Crippen LogP contribution in [0.1, 0.15) is 18.4 Å². The Hall–Kier alpha value is -1.80. The molecule has 1 saturated heterocycles. The normalized spacial score (nSPS) is 21.2. The minimum absolute atomic E-state index is 0.0927. The number of carbonyl (C=O) groups excluding carboxylic acids is 1. The van der Waals surface area contributed by atoms with E-state index in [0.717, 1.165) is 6.42 Å². The maximum Gasteiger partial charge on any atom is 0.422 e. The lowest BCUT2D eigenvalue weighted by molar-refractivity contribution is -0.153. The molecule has 0 bridgehead atoms. The van der Waals surface area contributed by atoms with Crippen LogP contribution in [0.25, 0.3) is 0 Å². The highest BCUT2D eigenvalue weighted by molar-refractivity contribution is 5.81. The van der Waals surface area contributed by atoms with Crippen molar-refractivity contribution in [1.82, 2.24) is 5.32 Å². The zero-order valence-corrected chi connectivity index (χ0v) is 12.4. The third-order valence-corrected chi connectivity index (χ3v) is 3.43. The van der Waals surface area contributed by atoms with E-state index in [4.69, 9.17) is 10.5 Å². The second kappa shape index (κ2) is 7.65. The molecule has 0 saturated carbocycles. The van der Waals surface area contributed by atoms with Crippen LogP contribution >= 0.6 is 0 Å². The molecule has 5 nitrogen and oxygen atoms in total. The van der Waals surface area contributed by atoms with Crippen LogP contribution in [0.5, 0.6) is 5.75 Å². The van der Waals surface area contributed by atoms with Gasteiger partial charge in [-0.1, -0.05) is 12.1 Å². The molecule has 1 heterocycles. The first-order valence-corrected chi connectivity index (χ1v) is 7.29. The number of amides is 1. The Morgan fingerprint density at radius 3 is 2.83 bits per heavy atom. The maximum atomic E-state index is 12.1. The van der Waals surface area contributed by atoms with Crippen molar-refractivity contribution in [3.63, 3.8) is 0 Å². The highest BCUT2D eigenvalue weighted by Crippen LogP contribution is 2.20.